The number of nitrogens with zero attached hydrogens (tertiary/aromatic N) is 2. The monoisotopic (exact) mass is 674 g/mol. The lowest BCUT2D eigenvalue weighted by atomic mass is 9.98. The Morgan fingerprint density at radius 3 is 1.37 bits per heavy atom. The van der Waals surface area contributed by atoms with Crippen LogP contribution in [0.1, 0.15) is 24.0 Å². The lowest BCUT2D eigenvalue weighted by Gasteiger charge is -2.15. The van der Waals surface area contributed by atoms with E-state index in [1.54, 1.807) is 48.5 Å². The van der Waals surface area contributed by atoms with Gasteiger partial charge in [-0.05, 0) is 12.1 Å². The van der Waals surface area contributed by atoms with Crippen molar-refractivity contribution in [2.75, 3.05) is 13.1 Å². The first kappa shape index (κ1) is 34.8. The maximum absolute atomic E-state index is 14.9. The molecule has 0 saturated carbocycles. The first-order chi connectivity index (χ1) is 21.9. The Balaban J connectivity index is 1.52. The van der Waals surface area contributed by atoms with Crippen LogP contribution >= 0.6 is 23.2 Å². The SMILES string of the molecule is O=C(O)C[C@H](O)CNCc1ccc(-c2cccc(-c3cccc(-c4ccc(CNC[C@@H](O)CC(=O)O)c(F)n4)c3Cl)c2Cl)nc1F. The number of carboxylic acids is 2. The van der Waals surface area contributed by atoms with Crippen molar-refractivity contribution < 1.29 is 38.8 Å². The van der Waals surface area contributed by atoms with E-state index in [-0.39, 0.29) is 58.7 Å². The number of pyridine rings is 2. The highest BCUT2D eigenvalue weighted by Gasteiger charge is 2.19. The number of carboxylic acid groups (broad SMARTS) is 2. The molecule has 4 rings (SSSR count). The highest BCUT2D eigenvalue weighted by molar-refractivity contribution is 6.39. The van der Waals surface area contributed by atoms with Gasteiger partial charge in [-0.15, -0.1) is 0 Å². The fraction of sp³-hybridized carbons (Fsp3) is 0.250. The zero-order valence-corrected chi connectivity index (χ0v) is 25.7. The van der Waals surface area contributed by atoms with Crippen molar-refractivity contribution in [2.45, 2.75) is 38.1 Å². The fourth-order valence-corrected chi connectivity index (χ4v) is 5.31. The van der Waals surface area contributed by atoms with Gasteiger partial charge < -0.3 is 31.1 Å². The molecule has 0 amide bonds. The van der Waals surface area contributed by atoms with Crippen LogP contribution in [0.15, 0.2) is 60.7 Å². The van der Waals surface area contributed by atoms with Crippen molar-refractivity contribution >= 4 is 35.1 Å². The largest absolute Gasteiger partial charge is 0.481 e. The lowest BCUT2D eigenvalue weighted by molar-refractivity contribution is -0.140. The molecule has 46 heavy (non-hydrogen) atoms. The van der Waals surface area contributed by atoms with E-state index >= 15 is 0 Å². The second-order valence-corrected chi connectivity index (χ2v) is 11.1. The van der Waals surface area contributed by atoms with Crippen LogP contribution in [0.4, 0.5) is 8.78 Å². The lowest BCUT2D eigenvalue weighted by Crippen LogP contribution is -2.28. The van der Waals surface area contributed by atoms with Crippen molar-refractivity contribution in [1.82, 2.24) is 20.6 Å². The Bertz CT molecular complexity index is 1600. The molecule has 4 aromatic rings. The molecule has 10 nitrogen and oxygen atoms in total. The van der Waals surface area contributed by atoms with Gasteiger partial charge in [-0.1, -0.05) is 71.7 Å². The molecule has 242 valence electrons. The highest BCUT2D eigenvalue weighted by atomic mass is 35.5. The minimum absolute atomic E-state index is 0.0218. The number of halogens is 4. The zero-order chi connectivity index (χ0) is 33.4. The number of aliphatic hydroxyl groups excluding tert-OH is 2. The third-order valence-corrected chi connectivity index (χ3v) is 7.72. The first-order valence-corrected chi connectivity index (χ1v) is 14.8. The van der Waals surface area contributed by atoms with E-state index in [0.717, 1.165) is 0 Å². The van der Waals surface area contributed by atoms with Gasteiger partial charge in [0.2, 0.25) is 11.9 Å². The summed E-state index contributed by atoms with van der Waals surface area (Å²) in [6, 6.07) is 16.5. The van der Waals surface area contributed by atoms with Gasteiger partial charge in [0.25, 0.3) is 0 Å². The van der Waals surface area contributed by atoms with Crippen molar-refractivity contribution in [3.63, 3.8) is 0 Å². The third kappa shape index (κ3) is 9.03. The number of hydrogen-bond acceptors (Lipinski definition) is 8. The summed E-state index contributed by atoms with van der Waals surface area (Å²) in [6.45, 7) is -0.0280. The Morgan fingerprint density at radius 2 is 1.02 bits per heavy atom. The maximum atomic E-state index is 14.9. The van der Waals surface area contributed by atoms with Crippen LogP contribution in [0.3, 0.4) is 0 Å². The molecular weight excluding hydrogens is 645 g/mol. The number of aromatic nitrogens is 2. The van der Waals surface area contributed by atoms with E-state index in [4.69, 9.17) is 33.4 Å². The molecule has 14 heteroatoms. The van der Waals surface area contributed by atoms with Gasteiger partial charge in [0.05, 0.1) is 46.5 Å². The van der Waals surface area contributed by atoms with E-state index < -0.39 is 48.9 Å². The van der Waals surface area contributed by atoms with Gasteiger partial charge in [0.15, 0.2) is 0 Å². The molecule has 2 atom stereocenters. The van der Waals surface area contributed by atoms with Gasteiger partial charge in [0.1, 0.15) is 0 Å². The van der Waals surface area contributed by atoms with Crippen LogP contribution in [0.2, 0.25) is 10.0 Å². The van der Waals surface area contributed by atoms with Gasteiger partial charge in [-0.25, -0.2) is 9.97 Å². The standard InChI is InChI=1S/C32H30Cl2F2N4O6/c33-29-21(3-1-5-23(29)25-9-7-17(31(35)39-25)13-37-15-19(41)11-27(43)44)22-4-2-6-24(30(22)34)26-10-8-18(32(36)40-26)14-38-16-20(42)12-28(45)46/h1-10,19-20,37-38,41-42H,11-16H2,(H,43,44)(H,45,46)/t19-,20-/m0/s1. The number of nitrogens with one attached hydrogen (secondary N) is 2. The average molecular weight is 676 g/mol. The normalized spacial score (nSPS) is 12.6. The number of carbonyl (C=O) groups is 2. The molecule has 6 N–H and O–H groups in total. The van der Waals surface area contributed by atoms with E-state index in [9.17, 15) is 28.6 Å². The summed E-state index contributed by atoms with van der Waals surface area (Å²) in [5.74, 6) is -3.80. The number of hydrogen-bond donors (Lipinski definition) is 6. The summed E-state index contributed by atoms with van der Waals surface area (Å²) in [6.07, 6.45) is -3.10. The third-order valence-electron chi connectivity index (χ3n) is 6.90. The quantitative estimate of drug-likeness (QED) is 0.0954. The molecular formula is C32H30Cl2F2N4O6. The topological polar surface area (TPSA) is 165 Å². The predicted octanol–water partition coefficient (Wildman–Crippen LogP) is 4.91. The molecule has 0 spiro atoms. The van der Waals surface area contributed by atoms with E-state index in [0.29, 0.717) is 22.3 Å². The molecule has 0 radical (unpaired) electrons. The van der Waals surface area contributed by atoms with Crippen molar-refractivity contribution in [3.05, 3.63) is 93.7 Å². The Labute approximate surface area is 272 Å². The second-order valence-electron chi connectivity index (χ2n) is 10.4. The van der Waals surface area contributed by atoms with Crippen LogP contribution < -0.4 is 10.6 Å². The number of aliphatic hydroxyl groups is 2. The molecule has 0 saturated heterocycles. The Hall–Kier alpha value is -4.04. The van der Waals surface area contributed by atoms with Crippen LogP contribution in [0.5, 0.6) is 0 Å². The zero-order valence-electron chi connectivity index (χ0n) is 24.2. The summed E-state index contributed by atoms with van der Waals surface area (Å²) in [5, 5.41) is 43.0. The number of rotatable bonds is 15. The molecule has 0 aliphatic heterocycles. The van der Waals surface area contributed by atoms with Crippen LogP contribution in [-0.2, 0) is 22.7 Å². The van der Waals surface area contributed by atoms with E-state index in [1.165, 1.54) is 12.1 Å². The summed E-state index contributed by atoms with van der Waals surface area (Å²) >= 11 is 13.6. The molecule has 0 fully saturated rings. The minimum Gasteiger partial charge on any atom is -0.481 e. The molecule has 0 unspecified atom stereocenters. The van der Waals surface area contributed by atoms with Crippen LogP contribution in [0.25, 0.3) is 33.6 Å². The molecule has 0 bridgehead atoms. The number of aliphatic carboxylic acids is 2. The Morgan fingerprint density at radius 1 is 0.652 bits per heavy atom. The molecule has 2 aromatic heterocycles. The van der Waals surface area contributed by atoms with Gasteiger partial charge in [-0.2, -0.15) is 8.78 Å². The van der Waals surface area contributed by atoms with E-state index in [2.05, 4.69) is 20.6 Å². The van der Waals surface area contributed by atoms with Gasteiger partial charge >= 0.3 is 11.9 Å². The first-order valence-electron chi connectivity index (χ1n) is 14.0. The fourth-order valence-electron chi connectivity index (χ4n) is 4.66. The second kappa shape index (κ2) is 16.0. The summed E-state index contributed by atoms with van der Waals surface area (Å²) in [4.78, 5) is 29.5. The highest BCUT2D eigenvalue weighted by Crippen LogP contribution is 2.41. The number of benzene rings is 2. The smallest absolute Gasteiger partial charge is 0.306 e. The van der Waals surface area contributed by atoms with Crippen molar-refractivity contribution in [3.8, 4) is 33.6 Å². The molecule has 0 aliphatic carbocycles. The Kier molecular flexibility index (Phi) is 12.1. The van der Waals surface area contributed by atoms with Gasteiger partial charge in [-0.3, -0.25) is 9.59 Å². The van der Waals surface area contributed by atoms with E-state index in [1.807, 2.05) is 0 Å². The van der Waals surface area contributed by atoms with Crippen LogP contribution in [0, 0.1) is 11.9 Å². The average Bonchev–Trinajstić information content (AvgIpc) is 2.98. The van der Waals surface area contributed by atoms with Crippen molar-refractivity contribution in [1.29, 1.82) is 0 Å². The van der Waals surface area contributed by atoms with Crippen molar-refractivity contribution in [2.24, 2.45) is 0 Å². The predicted molar refractivity (Wildman–Crippen MR) is 168 cm³/mol. The molecule has 0 aliphatic rings. The molecule has 2 aromatic carbocycles. The van der Waals surface area contributed by atoms with Gasteiger partial charge in [0, 0.05) is 59.6 Å². The summed E-state index contributed by atoms with van der Waals surface area (Å²) < 4.78 is 29.8. The maximum Gasteiger partial charge on any atom is 0.306 e. The minimum atomic E-state index is -1.14. The van der Waals surface area contributed by atoms with Crippen LogP contribution in [-0.4, -0.2) is 67.6 Å². The molecule has 2 heterocycles. The summed E-state index contributed by atoms with van der Waals surface area (Å²) in [7, 11) is 0. The summed E-state index contributed by atoms with van der Waals surface area (Å²) in [5.41, 5.74) is 2.86.